The van der Waals surface area contributed by atoms with E-state index in [0.717, 1.165) is 29.2 Å². The average Bonchev–Trinajstić information content (AvgIpc) is 3.58. The van der Waals surface area contributed by atoms with Gasteiger partial charge >= 0.3 is 18.0 Å². The molecule has 0 heterocycles. The number of carboxylic acids is 1. The van der Waals surface area contributed by atoms with Gasteiger partial charge in [-0.05, 0) is 47.9 Å². The molecule has 174 valence electrons. The van der Waals surface area contributed by atoms with E-state index in [4.69, 9.17) is 9.84 Å². The molecule has 33 heavy (non-hydrogen) atoms. The van der Waals surface area contributed by atoms with Crippen LogP contribution >= 0.6 is 0 Å². The Morgan fingerprint density at radius 1 is 1.03 bits per heavy atom. The van der Waals surface area contributed by atoms with Gasteiger partial charge in [-0.1, -0.05) is 48.5 Å². The average molecular weight is 458 g/mol. The molecule has 0 spiro atoms. The molecule has 0 bridgehead atoms. The van der Waals surface area contributed by atoms with Gasteiger partial charge in [0.05, 0.1) is 0 Å². The molecule has 2 aliphatic carbocycles. The number of fused-ring (bicyclic) bond motifs is 3. The van der Waals surface area contributed by atoms with Crippen molar-refractivity contribution in [3.63, 3.8) is 0 Å². The maximum atomic E-state index is 14.8. The zero-order valence-electron chi connectivity index (χ0n) is 17.9. The van der Waals surface area contributed by atoms with Crippen LogP contribution in [0.15, 0.2) is 48.5 Å². The van der Waals surface area contributed by atoms with Gasteiger partial charge in [0.2, 0.25) is 0 Å². The van der Waals surface area contributed by atoms with Gasteiger partial charge in [-0.3, -0.25) is 9.59 Å². The topological polar surface area (TPSA) is 105 Å². The summed E-state index contributed by atoms with van der Waals surface area (Å²) in [5.74, 6) is -8.00. The van der Waals surface area contributed by atoms with Crippen molar-refractivity contribution in [3.8, 4) is 11.1 Å². The van der Waals surface area contributed by atoms with E-state index < -0.39 is 41.9 Å². The molecular weight excluding hydrogens is 434 g/mol. The van der Waals surface area contributed by atoms with E-state index in [0.29, 0.717) is 12.8 Å². The maximum Gasteiger partial charge on any atom is 0.407 e. The lowest BCUT2D eigenvalue weighted by Gasteiger charge is -2.27. The minimum Gasteiger partial charge on any atom is -0.480 e. The number of carboxylic acid groups (broad SMARTS) is 1. The minimum atomic E-state index is -3.99. The van der Waals surface area contributed by atoms with Crippen LogP contribution in [0.25, 0.3) is 11.1 Å². The predicted octanol–water partition coefficient (Wildman–Crippen LogP) is 3.53. The first-order valence-corrected chi connectivity index (χ1v) is 10.7. The molecule has 2 atom stereocenters. The lowest BCUT2D eigenvalue weighted by atomic mass is 9.98. The van der Waals surface area contributed by atoms with Crippen LogP contribution in [0.4, 0.5) is 13.6 Å². The lowest BCUT2D eigenvalue weighted by Crippen LogP contribution is -2.58. The van der Waals surface area contributed by atoms with Crippen molar-refractivity contribution < 1.29 is 33.0 Å². The van der Waals surface area contributed by atoms with Crippen molar-refractivity contribution in [2.45, 2.75) is 43.7 Å². The van der Waals surface area contributed by atoms with Crippen molar-refractivity contribution in [3.05, 3.63) is 59.7 Å². The molecule has 2 unspecified atom stereocenters. The summed E-state index contributed by atoms with van der Waals surface area (Å²) in [5, 5.41) is 12.8. The monoisotopic (exact) mass is 458 g/mol. The number of carbonyl (C=O) groups is 3. The van der Waals surface area contributed by atoms with Crippen molar-refractivity contribution >= 4 is 18.0 Å². The van der Waals surface area contributed by atoms with Gasteiger partial charge < -0.3 is 20.5 Å². The molecule has 1 fully saturated rings. The molecule has 2 aromatic rings. The van der Waals surface area contributed by atoms with Gasteiger partial charge in [-0.25, -0.2) is 4.79 Å². The summed E-state index contributed by atoms with van der Waals surface area (Å²) in [7, 11) is 0. The minimum absolute atomic E-state index is 0.0505. The van der Waals surface area contributed by atoms with Crippen LogP contribution < -0.4 is 10.6 Å². The predicted molar refractivity (Wildman–Crippen MR) is 115 cm³/mol. The van der Waals surface area contributed by atoms with Gasteiger partial charge in [-0.2, -0.15) is 8.78 Å². The van der Waals surface area contributed by atoms with Crippen LogP contribution in [0, 0.1) is 5.92 Å². The second-order valence-corrected chi connectivity index (χ2v) is 8.44. The first-order chi connectivity index (χ1) is 15.7. The summed E-state index contributed by atoms with van der Waals surface area (Å²) in [5.41, 5.74) is 4.04. The number of ether oxygens (including phenoxy) is 1. The van der Waals surface area contributed by atoms with Crippen molar-refractivity contribution in [2.75, 3.05) is 6.61 Å². The summed E-state index contributed by atoms with van der Waals surface area (Å²) >= 11 is 0. The van der Waals surface area contributed by atoms with E-state index in [1.807, 2.05) is 48.5 Å². The van der Waals surface area contributed by atoms with Crippen molar-refractivity contribution in [2.24, 2.45) is 5.92 Å². The fraction of sp³-hybridized carbons (Fsp3) is 0.375. The van der Waals surface area contributed by atoms with Gasteiger partial charge in [0, 0.05) is 5.92 Å². The summed E-state index contributed by atoms with van der Waals surface area (Å²) in [6.45, 7) is 1.03. The van der Waals surface area contributed by atoms with Gasteiger partial charge in [-0.15, -0.1) is 0 Å². The molecule has 0 aromatic heterocycles. The van der Waals surface area contributed by atoms with Crippen LogP contribution in [-0.4, -0.2) is 47.7 Å². The number of carbonyl (C=O) groups excluding carboxylic acids is 2. The number of benzene rings is 2. The Kier molecular flexibility index (Phi) is 6.05. The highest BCUT2D eigenvalue weighted by molar-refractivity contribution is 5.89. The fourth-order valence-corrected chi connectivity index (χ4v) is 4.20. The van der Waals surface area contributed by atoms with Crippen molar-refractivity contribution in [1.29, 1.82) is 0 Å². The Balaban J connectivity index is 1.43. The lowest BCUT2D eigenvalue weighted by molar-refractivity contribution is -0.154. The molecular formula is C24H24F2N2O5. The summed E-state index contributed by atoms with van der Waals surface area (Å²) in [4.78, 5) is 35.4. The summed E-state index contributed by atoms with van der Waals surface area (Å²) in [6, 6.07) is 12.2. The molecule has 2 amide bonds. The van der Waals surface area contributed by atoms with E-state index >= 15 is 0 Å². The van der Waals surface area contributed by atoms with Crippen LogP contribution in [-0.2, 0) is 14.3 Å². The number of hydrogen-bond donors (Lipinski definition) is 3. The molecule has 0 radical (unpaired) electrons. The molecule has 4 rings (SSSR count). The number of halogens is 2. The van der Waals surface area contributed by atoms with E-state index in [9.17, 15) is 23.2 Å². The van der Waals surface area contributed by atoms with E-state index in [1.54, 1.807) is 5.32 Å². The molecule has 0 aliphatic heterocycles. The normalized spacial score (nSPS) is 16.8. The Morgan fingerprint density at radius 3 is 2.09 bits per heavy atom. The molecule has 9 heteroatoms. The Bertz CT molecular complexity index is 1040. The zero-order chi connectivity index (χ0) is 23.8. The standard InChI is InChI=1S/C24H24F2N2O5/c1-13(21(29)30)27-22(31)24(25,26)20(14-10-11-14)28-23(32)33-12-19-17-8-4-2-6-15(17)16-7-3-5-9-18(16)19/h2-9,13-14,19-20H,10-12H2,1H3,(H,27,31)(H,28,32)(H,29,30). The molecule has 2 aliphatic rings. The molecule has 7 nitrogen and oxygen atoms in total. The first kappa shape index (κ1) is 22.7. The summed E-state index contributed by atoms with van der Waals surface area (Å²) in [6.07, 6.45) is -0.204. The number of hydrogen-bond acceptors (Lipinski definition) is 4. The third-order valence-electron chi connectivity index (χ3n) is 6.12. The van der Waals surface area contributed by atoms with Crippen molar-refractivity contribution in [1.82, 2.24) is 10.6 Å². The third-order valence-corrected chi connectivity index (χ3v) is 6.12. The van der Waals surface area contributed by atoms with Gasteiger partial charge in [0.25, 0.3) is 5.91 Å². The Morgan fingerprint density at radius 2 is 1.58 bits per heavy atom. The van der Waals surface area contributed by atoms with Crippen LogP contribution in [0.5, 0.6) is 0 Å². The zero-order valence-corrected chi connectivity index (χ0v) is 17.9. The smallest absolute Gasteiger partial charge is 0.407 e. The van der Waals surface area contributed by atoms with Crippen LogP contribution in [0.1, 0.15) is 36.8 Å². The first-order valence-electron chi connectivity index (χ1n) is 10.7. The molecule has 2 aromatic carbocycles. The molecule has 3 N–H and O–H groups in total. The Labute approximate surface area is 189 Å². The number of alkyl halides is 2. The third kappa shape index (κ3) is 4.53. The number of alkyl carbamates (subject to hydrolysis) is 1. The Hall–Kier alpha value is -3.49. The maximum absolute atomic E-state index is 14.8. The highest BCUT2D eigenvalue weighted by atomic mass is 19.3. The van der Waals surface area contributed by atoms with Crippen LogP contribution in [0.3, 0.4) is 0 Å². The van der Waals surface area contributed by atoms with E-state index in [-0.39, 0.29) is 12.5 Å². The SMILES string of the molecule is CC(NC(=O)C(F)(F)C(NC(=O)OCC1c2ccccc2-c2ccccc21)C1CC1)C(=O)O. The van der Waals surface area contributed by atoms with E-state index in [2.05, 4.69) is 5.32 Å². The highest BCUT2D eigenvalue weighted by Gasteiger charge is 2.55. The van der Waals surface area contributed by atoms with Gasteiger partial charge in [0.15, 0.2) is 0 Å². The number of aliphatic carboxylic acids is 1. The molecule has 0 saturated heterocycles. The van der Waals surface area contributed by atoms with Crippen LogP contribution in [0.2, 0.25) is 0 Å². The highest BCUT2D eigenvalue weighted by Crippen LogP contribution is 2.44. The second-order valence-electron chi connectivity index (χ2n) is 8.44. The second kappa shape index (κ2) is 8.80. The van der Waals surface area contributed by atoms with E-state index in [1.165, 1.54) is 0 Å². The van der Waals surface area contributed by atoms with Gasteiger partial charge in [0.1, 0.15) is 18.7 Å². The number of amides is 2. The quantitative estimate of drug-likeness (QED) is 0.561. The number of rotatable bonds is 8. The number of nitrogens with one attached hydrogen (secondary N) is 2. The largest absolute Gasteiger partial charge is 0.480 e. The fourth-order valence-electron chi connectivity index (χ4n) is 4.20. The summed E-state index contributed by atoms with van der Waals surface area (Å²) < 4.78 is 35.0. The molecule has 1 saturated carbocycles.